The quantitative estimate of drug-likeness (QED) is 0.566. The van der Waals surface area contributed by atoms with Crippen molar-refractivity contribution in [2.45, 2.75) is 38.4 Å². The molecule has 1 aliphatic carbocycles. The molecule has 0 bridgehead atoms. The SMILES string of the molecule is CCS(=O)(=O)N[C@@H]1C[C@@](Cc2cc(-c3ncc(Br)cn3)ccc2F)(C(=O)OC)C[C@@H]1F. The number of aromatic nitrogens is 2. The molecular weight excluding hydrogens is 496 g/mol. The van der Waals surface area contributed by atoms with Crippen molar-refractivity contribution < 1.29 is 26.7 Å². The largest absolute Gasteiger partial charge is 0.469 e. The summed E-state index contributed by atoms with van der Waals surface area (Å²) >= 11 is 3.25. The first-order valence-electron chi connectivity index (χ1n) is 9.58. The minimum Gasteiger partial charge on any atom is -0.469 e. The number of methoxy groups -OCH3 is 1. The van der Waals surface area contributed by atoms with Gasteiger partial charge in [0.15, 0.2) is 5.82 Å². The summed E-state index contributed by atoms with van der Waals surface area (Å²) < 4.78 is 61.2. The monoisotopic (exact) mass is 517 g/mol. The van der Waals surface area contributed by atoms with Gasteiger partial charge in [-0.05, 0) is 65.9 Å². The summed E-state index contributed by atoms with van der Waals surface area (Å²) in [7, 11) is -2.51. The van der Waals surface area contributed by atoms with Crippen molar-refractivity contribution >= 4 is 31.9 Å². The lowest BCUT2D eigenvalue weighted by Crippen LogP contribution is -2.40. The number of rotatable bonds is 7. The summed E-state index contributed by atoms with van der Waals surface area (Å²) in [6.07, 6.45) is 0.919. The Morgan fingerprint density at radius 2 is 2.00 bits per heavy atom. The summed E-state index contributed by atoms with van der Waals surface area (Å²) in [6.45, 7) is 1.43. The fourth-order valence-corrected chi connectivity index (χ4v) is 4.92. The molecule has 3 rings (SSSR count). The summed E-state index contributed by atoms with van der Waals surface area (Å²) in [5.74, 6) is -1.14. The molecule has 7 nitrogen and oxygen atoms in total. The standard InChI is InChI=1S/C20H22BrF2N3O4S/c1-3-31(28,29)26-17-9-20(8-16(17)23,19(27)30-2)7-13-6-12(4-5-15(13)22)18-24-10-14(21)11-25-18/h4-6,10-11,16-17,26H,3,7-9H2,1-2H3/t16-,17+,20-/m0/s1. The highest BCUT2D eigenvalue weighted by atomic mass is 79.9. The lowest BCUT2D eigenvalue weighted by atomic mass is 9.79. The van der Waals surface area contributed by atoms with E-state index in [0.29, 0.717) is 15.9 Å². The number of sulfonamides is 1. The van der Waals surface area contributed by atoms with Crippen molar-refractivity contribution in [3.63, 3.8) is 0 Å². The number of ether oxygens (including phenoxy) is 1. The minimum absolute atomic E-state index is 0.140. The number of nitrogens with one attached hydrogen (secondary N) is 1. The summed E-state index contributed by atoms with van der Waals surface area (Å²) in [5, 5.41) is 0. The third kappa shape index (κ3) is 5.27. The highest BCUT2D eigenvalue weighted by molar-refractivity contribution is 9.10. The number of carbonyl (C=O) groups is 1. The number of hydrogen-bond acceptors (Lipinski definition) is 6. The predicted molar refractivity (Wildman–Crippen MR) is 114 cm³/mol. The molecule has 1 fully saturated rings. The van der Waals surface area contributed by atoms with Crippen LogP contribution in [0.25, 0.3) is 11.4 Å². The van der Waals surface area contributed by atoms with Crippen molar-refractivity contribution in [2.75, 3.05) is 12.9 Å². The molecule has 1 aromatic heterocycles. The van der Waals surface area contributed by atoms with Crippen LogP contribution in [0.5, 0.6) is 0 Å². The lowest BCUT2D eigenvalue weighted by molar-refractivity contribution is -0.152. The molecule has 0 aliphatic heterocycles. The Morgan fingerprint density at radius 3 is 2.61 bits per heavy atom. The van der Waals surface area contributed by atoms with Crippen molar-refractivity contribution in [3.05, 3.63) is 46.4 Å². The van der Waals surface area contributed by atoms with Gasteiger partial charge >= 0.3 is 5.97 Å². The maximum atomic E-state index is 14.8. The van der Waals surface area contributed by atoms with Gasteiger partial charge in [0.2, 0.25) is 10.0 Å². The average Bonchev–Trinajstić information content (AvgIpc) is 3.05. The van der Waals surface area contributed by atoms with Crippen LogP contribution in [-0.2, 0) is 26.0 Å². The first-order chi connectivity index (χ1) is 14.6. The van der Waals surface area contributed by atoms with Crippen molar-refractivity contribution in [2.24, 2.45) is 5.41 Å². The molecule has 1 saturated carbocycles. The van der Waals surface area contributed by atoms with Crippen LogP contribution in [-0.4, -0.2) is 49.4 Å². The second-order valence-corrected chi connectivity index (χ2v) is 10.5. The summed E-state index contributed by atoms with van der Waals surface area (Å²) in [6, 6.07) is 3.17. The van der Waals surface area contributed by atoms with Crippen LogP contribution in [0.15, 0.2) is 35.1 Å². The smallest absolute Gasteiger partial charge is 0.312 e. The van der Waals surface area contributed by atoms with E-state index in [0.717, 1.165) is 0 Å². The van der Waals surface area contributed by atoms with E-state index in [2.05, 4.69) is 30.6 Å². The Kier molecular flexibility index (Phi) is 7.07. The van der Waals surface area contributed by atoms with Gasteiger partial charge in [-0.1, -0.05) is 0 Å². The molecular formula is C20H22BrF2N3O4S. The predicted octanol–water partition coefficient (Wildman–Crippen LogP) is 3.19. The van der Waals surface area contributed by atoms with Gasteiger partial charge in [-0.15, -0.1) is 0 Å². The second kappa shape index (κ2) is 9.25. The number of nitrogens with zero attached hydrogens (tertiary/aromatic N) is 2. The van der Waals surface area contributed by atoms with Crippen LogP contribution >= 0.6 is 15.9 Å². The highest BCUT2D eigenvalue weighted by Gasteiger charge is 2.52. The van der Waals surface area contributed by atoms with Crippen LogP contribution in [0.4, 0.5) is 8.78 Å². The summed E-state index contributed by atoms with van der Waals surface area (Å²) in [4.78, 5) is 21.0. The molecule has 1 N–H and O–H groups in total. The normalized spacial score (nSPS) is 23.6. The van der Waals surface area contributed by atoms with Gasteiger partial charge in [0.25, 0.3) is 0 Å². The second-order valence-electron chi connectivity index (χ2n) is 7.53. The van der Waals surface area contributed by atoms with E-state index in [9.17, 15) is 22.0 Å². The number of esters is 1. The van der Waals surface area contributed by atoms with E-state index in [-0.39, 0.29) is 30.6 Å². The van der Waals surface area contributed by atoms with E-state index >= 15 is 0 Å². The molecule has 3 atom stereocenters. The highest BCUT2D eigenvalue weighted by Crippen LogP contribution is 2.44. The third-order valence-corrected chi connectivity index (χ3v) is 7.25. The van der Waals surface area contributed by atoms with Gasteiger partial charge in [-0.3, -0.25) is 4.79 Å². The molecule has 168 valence electrons. The molecule has 2 aromatic rings. The number of hydrogen-bond donors (Lipinski definition) is 1. The van der Waals surface area contributed by atoms with Gasteiger partial charge in [-0.2, -0.15) is 0 Å². The van der Waals surface area contributed by atoms with Gasteiger partial charge < -0.3 is 4.74 Å². The molecule has 31 heavy (non-hydrogen) atoms. The molecule has 1 aliphatic rings. The molecule has 11 heteroatoms. The van der Waals surface area contributed by atoms with Crippen LogP contribution in [0.2, 0.25) is 0 Å². The van der Waals surface area contributed by atoms with Crippen LogP contribution in [0.1, 0.15) is 25.3 Å². The summed E-state index contributed by atoms with van der Waals surface area (Å²) in [5.41, 5.74) is -0.711. The maximum Gasteiger partial charge on any atom is 0.312 e. The van der Waals surface area contributed by atoms with Crippen LogP contribution < -0.4 is 4.72 Å². The lowest BCUT2D eigenvalue weighted by Gasteiger charge is -2.26. The van der Waals surface area contributed by atoms with E-state index in [1.807, 2.05) is 0 Å². The number of carbonyl (C=O) groups excluding carboxylic acids is 1. The Labute approximate surface area is 187 Å². The molecule has 1 heterocycles. The first-order valence-corrected chi connectivity index (χ1v) is 12.0. The molecule has 0 radical (unpaired) electrons. The Hall–Kier alpha value is -1.98. The van der Waals surface area contributed by atoms with E-state index in [1.54, 1.807) is 12.4 Å². The van der Waals surface area contributed by atoms with Crippen LogP contribution in [0.3, 0.4) is 0 Å². The van der Waals surface area contributed by atoms with Crippen molar-refractivity contribution in [3.8, 4) is 11.4 Å². The third-order valence-electron chi connectivity index (χ3n) is 5.42. The Balaban J connectivity index is 1.94. The zero-order valence-electron chi connectivity index (χ0n) is 16.9. The van der Waals surface area contributed by atoms with Gasteiger partial charge in [0.1, 0.15) is 12.0 Å². The first kappa shape index (κ1) is 23.7. The maximum absolute atomic E-state index is 14.8. The van der Waals surface area contributed by atoms with E-state index in [4.69, 9.17) is 4.74 Å². The fraction of sp³-hybridized carbons (Fsp3) is 0.450. The Morgan fingerprint density at radius 1 is 1.32 bits per heavy atom. The number of halogens is 3. The van der Waals surface area contributed by atoms with E-state index in [1.165, 1.54) is 32.2 Å². The molecule has 0 saturated heterocycles. The topological polar surface area (TPSA) is 98.3 Å². The van der Waals surface area contributed by atoms with Crippen molar-refractivity contribution in [1.29, 1.82) is 0 Å². The molecule has 0 unspecified atom stereocenters. The molecule has 0 spiro atoms. The zero-order valence-corrected chi connectivity index (χ0v) is 19.3. The minimum atomic E-state index is -3.68. The van der Waals surface area contributed by atoms with Gasteiger partial charge in [0.05, 0.1) is 28.8 Å². The molecule has 0 amide bonds. The van der Waals surface area contributed by atoms with Gasteiger partial charge in [0, 0.05) is 18.0 Å². The molecule has 1 aromatic carbocycles. The number of alkyl halides is 1. The zero-order chi connectivity index (χ0) is 22.8. The van der Waals surface area contributed by atoms with Gasteiger partial charge in [-0.25, -0.2) is 31.9 Å². The Bertz CT molecular complexity index is 1070. The average molecular weight is 518 g/mol. The number of benzene rings is 1. The van der Waals surface area contributed by atoms with Crippen LogP contribution in [0, 0.1) is 11.2 Å². The fourth-order valence-electron chi connectivity index (χ4n) is 3.85. The van der Waals surface area contributed by atoms with E-state index < -0.39 is 39.4 Å². The van der Waals surface area contributed by atoms with Crippen molar-refractivity contribution in [1.82, 2.24) is 14.7 Å².